The highest BCUT2D eigenvalue weighted by Gasteiger charge is 2.60. The van der Waals surface area contributed by atoms with Crippen molar-refractivity contribution in [3.63, 3.8) is 0 Å². The number of nitrogens with zero attached hydrogens (tertiary/aromatic N) is 5. The standard InChI is InChI=1S/C21H29N5O2/c27-19-17-15-4-5-16(14-15)18(17)20(28)26(19)9-2-1-8-24-10-12-25(13-11-24)21-22-6-3-7-23-21/h3,6-7,15-18H,1-2,4-5,8-14H2/t15-,16-,17-,18+/m1/s1/i3D,4D,5D,8D/t4?,5?,8?,15-,16-,17-,18+. The lowest BCUT2D eigenvalue weighted by molar-refractivity contribution is -0.140. The first-order valence-corrected chi connectivity index (χ1v) is 10.3. The SMILES string of the molecule is [2H]c1cnc(N2CCN(C([2H])CCCN3C(=O)[C@@H]4[C@H](C3=O)[C@H]3C[C@H]4C([2H])C3[2H])CC2)nc1. The van der Waals surface area contributed by atoms with Crippen LogP contribution in [0.15, 0.2) is 18.4 Å². The molecule has 0 radical (unpaired) electrons. The molecule has 1 aromatic rings. The Labute approximate surface area is 171 Å². The van der Waals surface area contributed by atoms with Crippen molar-refractivity contribution in [3.05, 3.63) is 18.4 Å². The van der Waals surface area contributed by atoms with Gasteiger partial charge >= 0.3 is 0 Å². The van der Waals surface area contributed by atoms with Crippen molar-refractivity contribution in [1.29, 1.82) is 0 Å². The summed E-state index contributed by atoms with van der Waals surface area (Å²) in [5.41, 5.74) is 0. The normalized spacial score (nSPS) is 40.9. The number of imide groups is 1. The maximum Gasteiger partial charge on any atom is 0.233 e. The van der Waals surface area contributed by atoms with Crippen molar-refractivity contribution in [2.75, 3.05) is 44.1 Å². The van der Waals surface area contributed by atoms with Gasteiger partial charge in [0.15, 0.2) is 0 Å². The second kappa shape index (κ2) is 7.43. The quantitative estimate of drug-likeness (QED) is 0.688. The zero-order chi connectivity index (χ0) is 22.6. The fourth-order valence-corrected chi connectivity index (χ4v) is 5.23. The number of hydrogen-bond acceptors (Lipinski definition) is 6. The second-order valence-corrected chi connectivity index (χ2v) is 8.16. The molecule has 4 fully saturated rings. The summed E-state index contributed by atoms with van der Waals surface area (Å²) in [6, 6.07) is 0.281. The smallest absolute Gasteiger partial charge is 0.233 e. The Morgan fingerprint density at radius 3 is 2.32 bits per heavy atom. The molecule has 5 rings (SSSR count). The third-order valence-corrected chi connectivity index (χ3v) is 6.64. The number of carbonyl (C=O) groups is 2. The lowest BCUT2D eigenvalue weighted by Crippen LogP contribution is -2.47. The Morgan fingerprint density at radius 2 is 1.68 bits per heavy atom. The van der Waals surface area contributed by atoms with E-state index < -0.39 is 19.3 Å². The van der Waals surface area contributed by atoms with Crippen LogP contribution in [0.5, 0.6) is 0 Å². The first kappa shape index (κ1) is 14.0. The number of fused-ring (bicyclic) bond motifs is 5. The topological polar surface area (TPSA) is 69.6 Å². The van der Waals surface area contributed by atoms with Gasteiger partial charge in [0, 0.05) is 49.2 Å². The van der Waals surface area contributed by atoms with Crippen LogP contribution in [-0.2, 0) is 9.59 Å². The fourth-order valence-electron chi connectivity index (χ4n) is 5.23. The molecular formula is C21H29N5O2. The van der Waals surface area contributed by atoms with Crippen LogP contribution >= 0.6 is 0 Å². The second-order valence-electron chi connectivity index (χ2n) is 8.16. The number of rotatable bonds is 6. The molecule has 150 valence electrons. The van der Waals surface area contributed by atoms with Crippen LogP contribution in [0.25, 0.3) is 0 Å². The van der Waals surface area contributed by atoms with Crippen LogP contribution in [0.3, 0.4) is 0 Å². The molecule has 0 spiro atoms. The van der Waals surface area contributed by atoms with Gasteiger partial charge in [0.25, 0.3) is 0 Å². The maximum absolute atomic E-state index is 12.9. The summed E-state index contributed by atoms with van der Waals surface area (Å²) in [5.74, 6) is -0.745. The molecule has 2 aliphatic carbocycles. The van der Waals surface area contributed by atoms with Crippen molar-refractivity contribution < 1.29 is 15.1 Å². The van der Waals surface area contributed by atoms with E-state index >= 15 is 0 Å². The summed E-state index contributed by atoms with van der Waals surface area (Å²) in [6.45, 7) is 2.79. The van der Waals surface area contributed by atoms with Crippen molar-refractivity contribution in [2.45, 2.75) is 32.1 Å². The van der Waals surface area contributed by atoms with E-state index in [0.29, 0.717) is 57.9 Å². The number of piperazine rings is 1. The highest BCUT2D eigenvalue weighted by Crippen LogP contribution is 2.56. The third kappa shape index (κ3) is 3.09. The van der Waals surface area contributed by atoms with Gasteiger partial charge in [-0.15, -0.1) is 0 Å². The van der Waals surface area contributed by atoms with Gasteiger partial charge in [0.05, 0.1) is 13.2 Å². The Bertz CT molecular complexity index is 849. The highest BCUT2D eigenvalue weighted by atomic mass is 16.2. The minimum atomic E-state index is -0.551. The van der Waals surface area contributed by atoms with Crippen LogP contribution in [0.4, 0.5) is 5.95 Å². The van der Waals surface area contributed by atoms with Crippen LogP contribution in [0.1, 0.15) is 37.5 Å². The minimum absolute atomic E-state index is 0.143. The number of carbonyl (C=O) groups excluding carboxylic acids is 2. The van der Waals surface area contributed by atoms with E-state index in [4.69, 9.17) is 5.48 Å². The average Bonchev–Trinajstić information content (AvgIpc) is 3.40. The number of likely N-dealkylation sites (tertiary alicyclic amines) is 1. The van der Waals surface area contributed by atoms with Gasteiger partial charge < -0.3 is 4.90 Å². The number of amides is 2. The maximum atomic E-state index is 12.9. The van der Waals surface area contributed by atoms with Gasteiger partial charge in [-0.2, -0.15) is 0 Å². The molecule has 3 heterocycles. The van der Waals surface area contributed by atoms with E-state index in [2.05, 4.69) is 19.8 Å². The van der Waals surface area contributed by atoms with E-state index in [1.54, 1.807) is 0 Å². The zero-order valence-electron chi connectivity index (χ0n) is 19.9. The molecule has 7 heteroatoms. The molecule has 2 aliphatic heterocycles. The Hall–Kier alpha value is -2.02. The molecule has 2 saturated heterocycles. The Kier molecular flexibility index (Phi) is 3.72. The van der Waals surface area contributed by atoms with Gasteiger partial charge in [-0.05, 0) is 56.5 Å². The lowest BCUT2D eigenvalue weighted by atomic mass is 9.81. The van der Waals surface area contributed by atoms with Crippen molar-refractivity contribution in [1.82, 2.24) is 19.8 Å². The number of aromatic nitrogens is 2. The summed E-state index contributed by atoms with van der Waals surface area (Å²) in [7, 11) is 0. The van der Waals surface area contributed by atoms with Crippen LogP contribution in [0, 0.1) is 23.7 Å². The third-order valence-electron chi connectivity index (χ3n) is 6.64. The molecule has 3 unspecified atom stereocenters. The van der Waals surface area contributed by atoms with E-state index in [-0.39, 0.29) is 41.5 Å². The summed E-state index contributed by atoms with van der Waals surface area (Å²) in [4.78, 5) is 39.7. The predicted octanol–water partition coefficient (Wildman–Crippen LogP) is 1.41. The van der Waals surface area contributed by atoms with Crippen molar-refractivity contribution in [2.24, 2.45) is 23.7 Å². The van der Waals surface area contributed by atoms with Crippen LogP contribution in [-0.4, -0.2) is 70.8 Å². The average molecular weight is 388 g/mol. The van der Waals surface area contributed by atoms with Crippen LogP contribution < -0.4 is 4.90 Å². The van der Waals surface area contributed by atoms with Gasteiger partial charge in [-0.1, -0.05) is 0 Å². The summed E-state index contributed by atoms with van der Waals surface area (Å²) >= 11 is 0. The largest absolute Gasteiger partial charge is 0.338 e. The first-order chi connectivity index (χ1) is 15.4. The molecule has 2 amide bonds. The number of hydrogen-bond donors (Lipinski definition) is 0. The van der Waals surface area contributed by atoms with Crippen molar-refractivity contribution in [3.8, 4) is 0 Å². The van der Waals surface area contributed by atoms with Gasteiger partial charge in [0.1, 0.15) is 0 Å². The summed E-state index contributed by atoms with van der Waals surface area (Å²) in [6.07, 6.45) is 3.69. The zero-order valence-corrected chi connectivity index (χ0v) is 15.9. The van der Waals surface area contributed by atoms with Crippen molar-refractivity contribution >= 4 is 17.8 Å². The van der Waals surface area contributed by atoms with Gasteiger partial charge in [-0.3, -0.25) is 19.4 Å². The summed E-state index contributed by atoms with van der Waals surface area (Å²) in [5, 5.41) is 0. The first-order valence-electron chi connectivity index (χ1n) is 12.5. The molecule has 2 saturated carbocycles. The predicted molar refractivity (Wildman–Crippen MR) is 104 cm³/mol. The van der Waals surface area contributed by atoms with Gasteiger partial charge in [0.2, 0.25) is 17.8 Å². The molecule has 2 bridgehead atoms. The molecule has 28 heavy (non-hydrogen) atoms. The molecular weight excluding hydrogens is 354 g/mol. The molecule has 7 nitrogen and oxygen atoms in total. The van der Waals surface area contributed by atoms with Crippen LogP contribution in [0.2, 0.25) is 0 Å². The van der Waals surface area contributed by atoms with E-state index in [1.807, 2.05) is 0 Å². The Balaban J connectivity index is 1.10. The Morgan fingerprint density at radius 1 is 1.04 bits per heavy atom. The minimum Gasteiger partial charge on any atom is -0.338 e. The lowest BCUT2D eigenvalue weighted by Gasteiger charge is -2.34. The van der Waals surface area contributed by atoms with Gasteiger partial charge in [-0.25, -0.2) is 9.97 Å². The summed E-state index contributed by atoms with van der Waals surface area (Å²) < 4.78 is 32.3. The molecule has 4 aliphatic rings. The fraction of sp³-hybridized carbons (Fsp3) is 0.714. The number of anilines is 1. The van der Waals surface area contributed by atoms with E-state index in [1.165, 1.54) is 17.3 Å². The molecule has 7 atom stereocenters. The molecule has 1 aromatic heterocycles. The monoisotopic (exact) mass is 387 g/mol. The molecule has 0 N–H and O–H groups in total. The highest BCUT2D eigenvalue weighted by molar-refractivity contribution is 6.06. The van der Waals surface area contributed by atoms with E-state index in [9.17, 15) is 9.59 Å². The van der Waals surface area contributed by atoms with E-state index in [0.717, 1.165) is 0 Å². The molecule has 0 aromatic carbocycles.